The lowest BCUT2D eigenvalue weighted by molar-refractivity contribution is 0.836. The summed E-state index contributed by atoms with van der Waals surface area (Å²) in [5.41, 5.74) is 0.874. The van der Waals surface area contributed by atoms with Crippen molar-refractivity contribution in [1.29, 1.82) is 0 Å². The molecule has 0 radical (unpaired) electrons. The van der Waals surface area contributed by atoms with Crippen LogP contribution in [0, 0.1) is 6.92 Å². The number of H-pyrrole nitrogens is 1. The largest absolute Gasteiger partial charge is 0.334 e. The first-order chi connectivity index (χ1) is 8.95. The quantitative estimate of drug-likeness (QED) is 0.853. The number of rotatable bonds is 2. The SMILES string of the molecule is CCc1c(Cl)[nH]c(=O)n(-c2cc(Br)ccc2C)c1=O. The van der Waals surface area contributed by atoms with Crippen LogP contribution < -0.4 is 11.2 Å². The van der Waals surface area contributed by atoms with Crippen LogP contribution in [0.4, 0.5) is 0 Å². The zero-order chi connectivity index (χ0) is 14.2. The van der Waals surface area contributed by atoms with E-state index in [2.05, 4.69) is 20.9 Å². The van der Waals surface area contributed by atoms with E-state index in [9.17, 15) is 9.59 Å². The van der Waals surface area contributed by atoms with Crippen molar-refractivity contribution < 1.29 is 0 Å². The van der Waals surface area contributed by atoms with Crippen molar-refractivity contribution in [3.05, 3.63) is 59.8 Å². The molecule has 1 heterocycles. The molecular weight excluding hydrogens is 332 g/mol. The van der Waals surface area contributed by atoms with Gasteiger partial charge >= 0.3 is 5.69 Å². The molecule has 1 aromatic heterocycles. The van der Waals surface area contributed by atoms with E-state index in [0.29, 0.717) is 17.7 Å². The Morgan fingerprint density at radius 1 is 1.37 bits per heavy atom. The Labute approximate surface area is 123 Å². The first kappa shape index (κ1) is 14.1. The van der Waals surface area contributed by atoms with E-state index in [-0.39, 0.29) is 10.7 Å². The highest BCUT2D eigenvalue weighted by Gasteiger charge is 2.14. The third kappa shape index (κ3) is 2.53. The minimum absolute atomic E-state index is 0.112. The first-order valence-electron chi connectivity index (χ1n) is 5.76. The summed E-state index contributed by atoms with van der Waals surface area (Å²) < 4.78 is 1.91. The summed E-state index contributed by atoms with van der Waals surface area (Å²) in [6.45, 7) is 3.66. The van der Waals surface area contributed by atoms with Crippen LogP contribution in [-0.2, 0) is 6.42 Å². The average molecular weight is 344 g/mol. The highest BCUT2D eigenvalue weighted by atomic mass is 79.9. The second kappa shape index (κ2) is 5.35. The molecule has 4 nitrogen and oxygen atoms in total. The number of hydrogen-bond donors (Lipinski definition) is 1. The van der Waals surface area contributed by atoms with Crippen LogP contribution in [-0.4, -0.2) is 9.55 Å². The van der Waals surface area contributed by atoms with Gasteiger partial charge in [0.2, 0.25) is 0 Å². The minimum Gasteiger partial charge on any atom is -0.297 e. The van der Waals surface area contributed by atoms with E-state index in [1.807, 2.05) is 26.0 Å². The van der Waals surface area contributed by atoms with Crippen LogP contribution in [0.25, 0.3) is 5.69 Å². The summed E-state index contributed by atoms with van der Waals surface area (Å²) in [5.74, 6) is 0. The van der Waals surface area contributed by atoms with Gasteiger partial charge in [0.15, 0.2) is 0 Å². The number of hydrogen-bond acceptors (Lipinski definition) is 2. The Bertz CT molecular complexity index is 749. The van der Waals surface area contributed by atoms with Gasteiger partial charge in [-0.15, -0.1) is 0 Å². The second-order valence-corrected chi connectivity index (χ2v) is 5.44. The number of aromatic nitrogens is 2. The molecule has 0 amide bonds. The molecule has 0 aliphatic carbocycles. The van der Waals surface area contributed by atoms with Gasteiger partial charge in [-0.2, -0.15) is 0 Å². The van der Waals surface area contributed by atoms with Gasteiger partial charge in [-0.1, -0.05) is 40.5 Å². The van der Waals surface area contributed by atoms with Gasteiger partial charge in [-0.3, -0.25) is 9.78 Å². The molecule has 1 N–H and O–H groups in total. The van der Waals surface area contributed by atoms with Crippen molar-refractivity contribution in [2.45, 2.75) is 20.3 Å². The number of nitrogens with zero attached hydrogens (tertiary/aromatic N) is 1. The third-order valence-electron chi connectivity index (χ3n) is 2.91. The molecule has 1 aromatic carbocycles. The highest BCUT2D eigenvalue weighted by molar-refractivity contribution is 9.10. The Morgan fingerprint density at radius 2 is 2.05 bits per heavy atom. The molecule has 0 atom stereocenters. The van der Waals surface area contributed by atoms with Crippen LogP contribution in [0.2, 0.25) is 5.15 Å². The molecule has 2 aromatic rings. The Hall–Kier alpha value is -1.33. The van der Waals surface area contributed by atoms with Crippen LogP contribution >= 0.6 is 27.5 Å². The van der Waals surface area contributed by atoms with E-state index in [4.69, 9.17) is 11.6 Å². The zero-order valence-electron chi connectivity index (χ0n) is 10.5. The molecule has 2 rings (SSSR count). The van der Waals surface area contributed by atoms with Gasteiger partial charge in [0.1, 0.15) is 5.15 Å². The standard InChI is InChI=1S/C13H12BrClN2O2/c1-3-9-11(15)16-13(19)17(12(9)18)10-6-8(14)5-4-7(10)2/h4-6H,3H2,1-2H3,(H,16,19). The normalized spacial score (nSPS) is 10.7. The maximum atomic E-state index is 12.3. The first-order valence-corrected chi connectivity index (χ1v) is 6.93. The Kier molecular flexibility index (Phi) is 3.96. The Balaban J connectivity index is 2.87. The van der Waals surface area contributed by atoms with Gasteiger partial charge in [-0.25, -0.2) is 9.36 Å². The summed E-state index contributed by atoms with van der Waals surface area (Å²) in [5, 5.41) is 0.112. The van der Waals surface area contributed by atoms with Gasteiger partial charge in [0.25, 0.3) is 5.56 Å². The average Bonchev–Trinajstić information content (AvgIpc) is 2.33. The van der Waals surface area contributed by atoms with Crippen LogP contribution in [0.15, 0.2) is 32.3 Å². The fourth-order valence-corrected chi connectivity index (χ4v) is 2.54. The maximum absolute atomic E-state index is 12.3. The van der Waals surface area contributed by atoms with Crippen molar-refractivity contribution in [1.82, 2.24) is 9.55 Å². The third-order valence-corrected chi connectivity index (χ3v) is 3.73. The fourth-order valence-electron chi connectivity index (χ4n) is 1.89. The van der Waals surface area contributed by atoms with Crippen molar-refractivity contribution in [3.8, 4) is 5.69 Å². The molecule has 0 bridgehead atoms. The van der Waals surface area contributed by atoms with E-state index in [1.165, 1.54) is 0 Å². The highest BCUT2D eigenvalue weighted by Crippen LogP contribution is 2.18. The number of halogens is 2. The van der Waals surface area contributed by atoms with Crippen LogP contribution in [0.3, 0.4) is 0 Å². The summed E-state index contributed by atoms with van der Waals surface area (Å²) in [6, 6.07) is 5.43. The predicted octanol–water partition coefficient (Wildman–Crippen LogP) is 2.81. The second-order valence-electron chi connectivity index (χ2n) is 4.15. The number of aryl methyl sites for hydroxylation is 1. The number of benzene rings is 1. The van der Waals surface area contributed by atoms with E-state index >= 15 is 0 Å². The summed E-state index contributed by atoms with van der Waals surface area (Å²) >= 11 is 9.23. The van der Waals surface area contributed by atoms with E-state index < -0.39 is 5.69 Å². The molecule has 0 aliphatic rings. The van der Waals surface area contributed by atoms with E-state index in [0.717, 1.165) is 14.6 Å². The van der Waals surface area contributed by atoms with Gasteiger partial charge < -0.3 is 0 Å². The molecule has 0 unspecified atom stereocenters. The van der Waals surface area contributed by atoms with Crippen LogP contribution in [0.5, 0.6) is 0 Å². The zero-order valence-corrected chi connectivity index (χ0v) is 12.8. The minimum atomic E-state index is -0.534. The van der Waals surface area contributed by atoms with Crippen molar-refractivity contribution >= 4 is 27.5 Å². The molecule has 19 heavy (non-hydrogen) atoms. The molecule has 0 fully saturated rings. The number of aromatic amines is 1. The van der Waals surface area contributed by atoms with E-state index in [1.54, 1.807) is 6.07 Å². The topological polar surface area (TPSA) is 54.9 Å². The molecule has 0 spiro atoms. The predicted molar refractivity (Wildman–Crippen MR) is 79.5 cm³/mol. The maximum Gasteiger partial charge on any atom is 0.334 e. The monoisotopic (exact) mass is 342 g/mol. The van der Waals surface area contributed by atoms with Crippen molar-refractivity contribution in [2.24, 2.45) is 0 Å². The molecule has 0 saturated heterocycles. The lowest BCUT2D eigenvalue weighted by Gasteiger charge is -2.10. The van der Waals surface area contributed by atoms with Crippen molar-refractivity contribution in [3.63, 3.8) is 0 Å². The fraction of sp³-hybridized carbons (Fsp3) is 0.231. The smallest absolute Gasteiger partial charge is 0.297 e. The molecule has 100 valence electrons. The summed E-state index contributed by atoms with van der Waals surface area (Å²) in [4.78, 5) is 26.9. The molecule has 0 saturated carbocycles. The van der Waals surface area contributed by atoms with Crippen LogP contribution in [0.1, 0.15) is 18.1 Å². The molecule has 6 heteroatoms. The lowest BCUT2D eigenvalue weighted by atomic mass is 10.2. The van der Waals surface area contributed by atoms with Crippen molar-refractivity contribution in [2.75, 3.05) is 0 Å². The summed E-state index contributed by atoms with van der Waals surface area (Å²) in [7, 11) is 0. The molecule has 0 aliphatic heterocycles. The lowest BCUT2D eigenvalue weighted by Crippen LogP contribution is -2.36. The van der Waals surface area contributed by atoms with Gasteiger partial charge in [0, 0.05) is 4.47 Å². The Morgan fingerprint density at radius 3 is 2.68 bits per heavy atom. The molecular formula is C13H12BrClN2O2. The van der Waals surface area contributed by atoms with Gasteiger partial charge in [0.05, 0.1) is 11.3 Å². The number of nitrogens with one attached hydrogen (secondary N) is 1. The summed E-state index contributed by atoms with van der Waals surface area (Å²) in [6.07, 6.45) is 0.460. The van der Waals surface area contributed by atoms with Gasteiger partial charge in [-0.05, 0) is 31.0 Å².